The highest BCUT2D eigenvalue weighted by Crippen LogP contribution is 2.20. The number of benzene rings is 2. The summed E-state index contributed by atoms with van der Waals surface area (Å²) < 4.78 is 26.7. The van der Waals surface area contributed by atoms with Crippen LogP contribution in [0.1, 0.15) is 37.2 Å². The third-order valence-electron chi connectivity index (χ3n) is 5.76. The maximum Gasteiger partial charge on any atom is 0.128 e. The molecule has 32 heavy (non-hydrogen) atoms. The second kappa shape index (κ2) is 10.3. The van der Waals surface area contributed by atoms with Crippen LogP contribution in [0.3, 0.4) is 0 Å². The van der Waals surface area contributed by atoms with Crippen LogP contribution < -0.4 is 5.32 Å². The number of nitrogens with zero attached hydrogens (tertiary/aromatic N) is 3. The molecule has 6 heteroatoms. The van der Waals surface area contributed by atoms with Gasteiger partial charge in [-0.05, 0) is 62.1 Å². The largest absolute Gasteiger partial charge is 0.309 e. The van der Waals surface area contributed by atoms with Gasteiger partial charge in [0.15, 0.2) is 0 Å². The molecule has 168 valence electrons. The Morgan fingerprint density at radius 1 is 0.938 bits per heavy atom. The van der Waals surface area contributed by atoms with Crippen LogP contribution in [0.4, 0.5) is 8.78 Å². The number of aryl methyl sites for hydroxylation is 2. The van der Waals surface area contributed by atoms with Crippen LogP contribution >= 0.6 is 0 Å². The fourth-order valence-corrected chi connectivity index (χ4v) is 4.54. The van der Waals surface area contributed by atoms with Crippen molar-refractivity contribution in [3.05, 3.63) is 83.3 Å². The molecule has 2 unspecified atom stereocenters. The van der Waals surface area contributed by atoms with Crippen molar-refractivity contribution in [2.45, 2.75) is 51.7 Å². The lowest BCUT2D eigenvalue weighted by molar-refractivity contribution is 0.166. The molecule has 0 saturated carbocycles. The molecule has 0 amide bonds. The molecule has 0 spiro atoms. The van der Waals surface area contributed by atoms with Gasteiger partial charge in [0.05, 0.1) is 5.69 Å². The number of hydrogen-bond acceptors (Lipinski definition) is 4. The summed E-state index contributed by atoms with van der Waals surface area (Å²) in [4.78, 5) is 11.6. The molecule has 1 fully saturated rings. The van der Waals surface area contributed by atoms with E-state index in [-0.39, 0.29) is 0 Å². The third kappa shape index (κ3) is 6.17. The minimum atomic E-state index is -0.539. The smallest absolute Gasteiger partial charge is 0.128 e. The highest BCUT2D eigenvalue weighted by molar-refractivity contribution is 5.59. The second-order valence-electron chi connectivity index (χ2n) is 8.85. The topological polar surface area (TPSA) is 41.1 Å². The first-order valence-electron chi connectivity index (χ1n) is 11.3. The highest BCUT2D eigenvalue weighted by atomic mass is 19.1. The third-order valence-corrected chi connectivity index (χ3v) is 5.76. The zero-order valence-electron chi connectivity index (χ0n) is 18.7. The Labute approximate surface area is 188 Å². The van der Waals surface area contributed by atoms with E-state index in [1.54, 1.807) is 6.20 Å². The zero-order valence-corrected chi connectivity index (χ0v) is 18.7. The number of aromatic nitrogens is 2. The Hall–Kier alpha value is -2.70. The predicted octanol–water partition coefficient (Wildman–Crippen LogP) is 4.78. The Morgan fingerprint density at radius 2 is 1.69 bits per heavy atom. The average Bonchev–Trinajstić information content (AvgIpc) is 2.73. The summed E-state index contributed by atoms with van der Waals surface area (Å²) in [5.41, 5.74) is 3.91. The van der Waals surface area contributed by atoms with Crippen molar-refractivity contribution in [2.24, 2.45) is 0 Å². The van der Waals surface area contributed by atoms with E-state index in [1.807, 2.05) is 6.07 Å². The highest BCUT2D eigenvalue weighted by Gasteiger charge is 2.20. The number of piperazine rings is 1. The summed E-state index contributed by atoms with van der Waals surface area (Å²) in [5, 5.41) is 3.58. The van der Waals surface area contributed by atoms with Gasteiger partial charge in [-0.25, -0.2) is 18.7 Å². The molecular weight excluding hydrogens is 406 g/mol. The zero-order chi connectivity index (χ0) is 22.5. The van der Waals surface area contributed by atoms with Crippen LogP contribution in [0.25, 0.3) is 11.3 Å². The minimum absolute atomic E-state index is 0.496. The first-order chi connectivity index (χ1) is 15.4. The molecule has 0 aliphatic carbocycles. The van der Waals surface area contributed by atoms with Crippen LogP contribution in [-0.4, -0.2) is 40.0 Å². The van der Waals surface area contributed by atoms with Gasteiger partial charge in [0.2, 0.25) is 0 Å². The van der Waals surface area contributed by atoms with E-state index in [1.165, 1.54) is 17.7 Å². The summed E-state index contributed by atoms with van der Waals surface area (Å²) in [5.74, 6) is -0.333. The molecule has 1 aromatic heterocycles. The Kier molecular flexibility index (Phi) is 7.22. The van der Waals surface area contributed by atoms with Gasteiger partial charge in [-0.3, -0.25) is 4.90 Å². The number of halogens is 2. The van der Waals surface area contributed by atoms with E-state index in [9.17, 15) is 8.78 Å². The van der Waals surface area contributed by atoms with E-state index in [0.29, 0.717) is 30.5 Å². The van der Waals surface area contributed by atoms with Crippen molar-refractivity contribution in [1.29, 1.82) is 0 Å². The summed E-state index contributed by atoms with van der Waals surface area (Å²) >= 11 is 0. The number of nitrogens with one attached hydrogen (secondary N) is 1. The average molecular weight is 437 g/mol. The molecule has 1 aliphatic rings. The molecule has 2 heterocycles. The van der Waals surface area contributed by atoms with Gasteiger partial charge in [-0.1, -0.05) is 18.2 Å². The van der Waals surface area contributed by atoms with Crippen LogP contribution in [0.15, 0.2) is 54.7 Å². The lowest BCUT2D eigenvalue weighted by Crippen LogP contribution is -2.53. The summed E-state index contributed by atoms with van der Waals surface area (Å²) in [6.07, 6.45) is 3.75. The molecule has 2 aromatic carbocycles. The van der Waals surface area contributed by atoms with Crippen LogP contribution in [0, 0.1) is 11.6 Å². The van der Waals surface area contributed by atoms with Crippen LogP contribution in [-0.2, 0) is 19.4 Å². The summed E-state index contributed by atoms with van der Waals surface area (Å²) in [6, 6.07) is 15.1. The standard InChI is InChI=1S/C26H30F2N4/c1-18-15-32(16-19(2)30-18)17-21-6-3-7-22(11-21)25-9-10-29-26(31-25)8-4-5-20-12-23(27)14-24(28)13-20/h3,6-7,9-14,18-19,30H,4-5,8,15-17H2,1-2H3. The van der Waals surface area contributed by atoms with Gasteiger partial charge in [0, 0.05) is 56.0 Å². The molecule has 0 bridgehead atoms. The molecule has 2 atom stereocenters. The first kappa shape index (κ1) is 22.5. The normalized spacial score (nSPS) is 19.2. The van der Waals surface area contributed by atoms with Crippen molar-refractivity contribution in [1.82, 2.24) is 20.2 Å². The number of hydrogen-bond donors (Lipinski definition) is 1. The number of rotatable bonds is 7. The van der Waals surface area contributed by atoms with Crippen molar-refractivity contribution in [2.75, 3.05) is 13.1 Å². The quantitative estimate of drug-likeness (QED) is 0.579. The minimum Gasteiger partial charge on any atom is -0.309 e. The van der Waals surface area contributed by atoms with Crippen LogP contribution in [0.5, 0.6) is 0 Å². The fourth-order valence-electron chi connectivity index (χ4n) is 4.54. The molecule has 1 saturated heterocycles. The fraction of sp³-hybridized carbons (Fsp3) is 0.385. The Balaban J connectivity index is 1.40. The second-order valence-corrected chi connectivity index (χ2v) is 8.85. The van der Waals surface area contributed by atoms with Crippen LogP contribution in [0.2, 0.25) is 0 Å². The van der Waals surface area contributed by atoms with Gasteiger partial charge >= 0.3 is 0 Å². The van der Waals surface area contributed by atoms with Crippen molar-refractivity contribution in [3.8, 4) is 11.3 Å². The van der Waals surface area contributed by atoms with E-state index < -0.39 is 11.6 Å². The lowest BCUT2D eigenvalue weighted by atomic mass is 10.1. The molecule has 4 rings (SSSR count). The van der Waals surface area contributed by atoms with Gasteiger partial charge in [0.1, 0.15) is 17.5 Å². The SMILES string of the molecule is CC1CN(Cc2cccc(-c3ccnc(CCCc4cc(F)cc(F)c4)n3)c2)CC(C)N1. The monoisotopic (exact) mass is 436 g/mol. The predicted molar refractivity (Wildman–Crippen MR) is 123 cm³/mol. The molecule has 1 N–H and O–H groups in total. The first-order valence-corrected chi connectivity index (χ1v) is 11.3. The van der Waals surface area contributed by atoms with Crippen molar-refractivity contribution < 1.29 is 8.78 Å². The molecule has 3 aromatic rings. The maximum absolute atomic E-state index is 13.4. The molecule has 0 radical (unpaired) electrons. The van der Waals surface area contributed by atoms with E-state index in [2.05, 4.69) is 53.3 Å². The van der Waals surface area contributed by atoms with E-state index in [0.717, 1.165) is 49.2 Å². The van der Waals surface area contributed by atoms with Gasteiger partial charge < -0.3 is 5.32 Å². The van der Waals surface area contributed by atoms with Gasteiger partial charge in [-0.15, -0.1) is 0 Å². The molecular formula is C26H30F2N4. The Bertz CT molecular complexity index is 1030. The van der Waals surface area contributed by atoms with Crippen molar-refractivity contribution >= 4 is 0 Å². The maximum atomic E-state index is 13.4. The molecule has 1 aliphatic heterocycles. The lowest BCUT2D eigenvalue weighted by Gasteiger charge is -2.36. The summed E-state index contributed by atoms with van der Waals surface area (Å²) in [6.45, 7) is 7.47. The Morgan fingerprint density at radius 3 is 2.44 bits per heavy atom. The summed E-state index contributed by atoms with van der Waals surface area (Å²) in [7, 11) is 0. The van der Waals surface area contributed by atoms with Gasteiger partial charge in [-0.2, -0.15) is 0 Å². The van der Waals surface area contributed by atoms with E-state index >= 15 is 0 Å². The molecule has 4 nitrogen and oxygen atoms in total. The van der Waals surface area contributed by atoms with Crippen molar-refractivity contribution in [3.63, 3.8) is 0 Å². The van der Waals surface area contributed by atoms with E-state index in [4.69, 9.17) is 4.98 Å². The van der Waals surface area contributed by atoms with Gasteiger partial charge in [0.25, 0.3) is 0 Å².